The summed E-state index contributed by atoms with van der Waals surface area (Å²) in [5, 5.41) is 1.37. The molecular weight excluding hydrogens is 338 g/mol. The molecule has 0 aromatic heterocycles. The van der Waals surface area contributed by atoms with Gasteiger partial charge in [0, 0.05) is 22.1 Å². The Morgan fingerprint density at radius 3 is 1.10 bits per heavy atom. The molecule has 2 aromatic carbocycles. The molecule has 2 aromatic rings. The second-order valence-corrected chi connectivity index (χ2v) is 5.03. The maximum absolute atomic E-state index is 6.16. The first-order valence-corrected chi connectivity index (χ1v) is 6.35. The predicted octanol–water partition coefficient (Wildman–Crippen LogP) is 4.54. The standard InChI is InChI=1S/C14H14Cl2N2.2ClH/c15-11-5-1-9(2-6-11)13(17)14(18)10-3-7-12(16)8-4-10;;/h1-8,13-14H,17-18H2;2*1H/t13-,14-;;/m1../s1. The van der Waals surface area contributed by atoms with Gasteiger partial charge in [-0.05, 0) is 35.4 Å². The molecule has 2 atom stereocenters. The molecule has 0 fully saturated rings. The van der Waals surface area contributed by atoms with Gasteiger partial charge in [0.05, 0.1) is 0 Å². The Kier molecular flexibility index (Phi) is 8.52. The van der Waals surface area contributed by atoms with E-state index in [2.05, 4.69) is 0 Å². The molecule has 0 bridgehead atoms. The van der Waals surface area contributed by atoms with Crippen LogP contribution in [0.1, 0.15) is 23.2 Å². The zero-order valence-corrected chi connectivity index (χ0v) is 13.6. The molecule has 110 valence electrons. The maximum Gasteiger partial charge on any atom is 0.0491 e. The lowest BCUT2D eigenvalue weighted by molar-refractivity contribution is 0.574. The molecule has 0 aliphatic carbocycles. The molecule has 2 rings (SSSR count). The van der Waals surface area contributed by atoms with E-state index in [1.54, 1.807) is 0 Å². The lowest BCUT2D eigenvalue weighted by Crippen LogP contribution is -2.26. The quantitative estimate of drug-likeness (QED) is 0.851. The molecule has 6 heteroatoms. The predicted molar refractivity (Wildman–Crippen MR) is 91.3 cm³/mol. The molecule has 2 nitrogen and oxygen atoms in total. The lowest BCUT2D eigenvalue weighted by atomic mass is 9.95. The zero-order valence-electron chi connectivity index (χ0n) is 10.5. The zero-order chi connectivity index (χ0) is 13.1. The Morgan fingerprint density at radius 2 is 0.850 bits per heavy atom. The minimum Gasteiger partial charge on any atom is -0.322 e. The van der Waals surface area contributed by atoms with Gasteiger partial charge in [0.15, 0.2) is 0 Å². The van der Waals surface area contributed by atoms with Crippen molar-refractivity contribution >= 4 is 48.0 Å². The van der Waals surface area contributed by atoms with Crippen LogP contribution in [-0.4, -0.2) is 0 Å². The van der Waals surface area contributed by atoms with Crippen LogP contribution in [0.2, 0.25) is 10.0 Å². The number of hydrogen-bond donors (Lipinski definition) is 2. The SMILES string of the molecule is Cl.Cl.N[C@H](c1ccc(Cl)cc1)[C@H](N)c1ccc(Cl)cc1. The summed E-state index contributed by atoms with van der Waals surface area (Å²) in [5.41, 5.74) is 14.2. The second-order valence-electron chi connectivity index (χ2n) is 4.15. The van der Waals surface area contributed by atoms with E-state index < -0.39 is 0 Å². The van der Waals surface area contributed by atoms with Gasteiger partial charge in [-0.3, -0.25) is 0 Å². The number of hydrogen-bond acceptors (Lipinski definition) is 2. The van der Waals surface area contributed by atoms with E-state index in [9.17, 15) is 0 Å². The minimum absolute atomic E-state index is 0. The van der Waals surface area contributed by atoms with Gasteiger partial charge in [0.25, 0.3) is 0 Å². The van der Waals surface area contributed by atoms with Crippen LogP contribution in [-0.2, 0) is 0 Å². The van der Waals surface area contributed by atoms with Crippen molar-refractivity contribution in [3.05, 3.63) is 69.7 Å². The van der Waals surface area contributed by atoms with Crippen molar-refractivity contribution in [2.45, 2.75) is 12.1 Å². The van der Waals surface area contributed by atoms with E-state index in [-0.39, 0.29) is 36.9 Å². The molecule has 0 radical (unpaired) electrons. The van der Waals surface area contributed by atoms with Crippen LogP contribution in [0.4, 0.5) is 0 Å². The first kappa shape index (κ1) is 19.5. The molecule has 4 N–H and O–H groups in total. The van der Waals surface area contributed by atoms with E-state index in [1.165, 1.54) is 0 Å². The Labute approximate surface area is 141 Å². The Morgan fingerprint density at radius 1 is 0.600 bits per heavy atom. The number of nitrogens with two attached hydrogens (primary N) is 2. The molecule has 0 saturated carbocycles. The average molecular weight is 354 g/mol. The third-order valence-corrected chi connectivity index (χ3v) is 3.40. The summed E-state index contributed by atoms with van der Waals surface area (Å²) in [6.45, 7) is 0. The Hall–Kier alpha value is -0.480. The van der Waals surface area contributed by atoms with Crippen molar-refractivity contribution in [1.29, 1.82) is 0 Å². The van der Waals surface area contributed by atoms with Crippen LogP contribution in [0.3, 0.4) is 0 Å². The first-order valence-electron chi connectivity index (χ1n) is 5.60. The summed E-state index contributed by atoms with van der Waals surface area (Å²) < 4.78 is 0. The third-order valence-electron chi connectivity index (χ3n) is 2.90. The Bertz CT molecular complexity index is 464. The normalized spacial score (nSPS) is 12.8. The molecule has 0 unspecified atom stereocenters. The lowest BCUT2D eigenvalue weighted by Gasteiger charge is -2.20. The molecule has 0 amide bonds. The second kappa shape index (κ2) is 8.73. The fraction of sp³-hybridized carbons (Fsp3) is 0.143. The van der Waals surface area contributed by atoms with E-state index >= 15 is 0 Å². The molecular formula is C14H16Cl4N2. The fourth-order valence-electron chi connectivity index (χ4n) is 1.78. The summed E-state index contributed by atoms with van der Waals surface area (Å²) in [7, 11) is 0. The van der Waals surface area contributed by atoms with Gasteiger partial charge in [-0.2, -0.15) is 0 Å². The summed E-state index contributed by atoms with van der Waals surface area (Å²) in [4.78, 5) is 0. The van der Waals surface area contributed by atoms with Crippen molar-refractivity contribution in [1.82, 2.24) is 0 Å². The van der Waals surface area contributed by atoms with Gasteiger partial charge in [-0.25, -0.2) is 0 Å². The largest absolute Gasteiger partial charge is 0.322 e. The van der Waals surface area contributed by atoms with E-state index in [0.717, 1.165) is 11.1 Å². The van der Waals surface area contributed by atoms with Gasteiger partial charge in [0.1, 0.15) is 0 Å². The summed E-state index contributed by atoms with van der Waals surface area (Å²) in [5.74, 6) is 0. The summed E-state index contributed by atoms with van der Waals surface area (Å²) in [6, 6.07) is 14.3. The summed E-state index contributed by atoms with van der Waals surface area (Å²) in [6.07, 6.45) is 0. The topological polar surface area (TPSA) is 52.0 Å². The number of halogens is 4. The smallest absolute Gasteiger partial charge is 0.0491 e. The molecule has 0 spiro atoms. The third kappa shape index (κ3) is 4.81. The fourth-order valence-corrected chi connectivity index (χ4v) is 2.04. The van der Waals surface area contributed by atoms with Crippen LogP contribution < -0.4 is 11.5 Å². The highest BCUT2D eigenvalue weighted by Gasteiger charge is 2.17. The highest BCUT2D eigenvalue weighted by molar-refractivity contribution is 6.30. The van der Waals surface area contributed by atoms with E-state index in [1.807, 2.05) is 48.5 Å². The van der Waals surface area contributed by atoms with Crippen molar-refractivity contribution in [2.75, 3.05) is 0 Å². The maximum atomic E-state index is 6.16. The van der Waals surface area contributed by atoms with Gasteiger partial charge < -0.3 is 11.5 Å². The summed E-state index contributed by atoms with van der Waals surface area (Å²) >= 11 is 11.7. The molecule has 0 aliphatic rings. The first-order chi connectivity index (χ1) is 8.58. The van der Waals surface area contributed by atoms with Crippen molar-refractivity contribution in [2.24, 2.45) is 11.5 Å². The van der Waals surface area contributed by atoms with Gasteiger partial charge in [-0.1, -0.05) is 47.5 Å². The number of rotatable bonds is 3. The van der Waals surface area contributed by atoms with Crippen LogP contribution in [0, 0.1) is 0 Å². The highest BCUT2D eigenvalue weighted by atomic mass is 35.5. The monoisotopic (exact) mass is 352 g/mol. The molecule has 20 heavy (non-hydrogen) atoms. The average Bonchev–Trinajstić information content (AvgIpc) is 2.39. The van der Waals surface area contributed by atoms with Gasteiger partial charge in [0.2, 0.25) is 0 Å². The highest BCUT2D eigenvalue weighted by Crippen LogP contribution is 2.26. The van der Waals surface area contributed by atoms with E-state index in [0.29, 0.717) is 10.0 Å². The molecule has 0 aliphatic heterocycles. The van der Waals surface area contributed by atoms with Crippen LogP contribution >= 0.6 is 48.0 Å². The van der Waals surface area contributed by atoms with Crippen molar-refractivity contribution in [3.8, 4) is 0 Å². The molecule has 0 heterocycles. The van der Waals surface area contributed by atoms with Crippen LogP contribution in [0.15, 0.2) is 48.5 Å². The van der Waals surface area contributed by atoms with Crippen molar-refractivity contribution in [3.63, 3.8) is 0 Å². The minimum atomic E-state index is -0.275. The molecule has 0 saturated heterocycles. The van der Waals surface area contributed by atoms with E-state index in [4.69, 9.17) is 34.7 Å². The Balaban J connectivity index is 0.00000180. The van der Waals surface area contributed by atoms with Crippen LogP contribution in [0.25, 0.3) is 0 Å². The van der Waals surface area contributed by atoms with Crippen molar-refractivity contribution < 1.29 is 0 Å². The number of benzene rings is 2. The van der Waals surface area contributed by atoms with Crippen LogP contribution in [0.5, 0.6) is 0 Å². The van der Waals surface area contributed by atoms with Gasteiger partial charge >= 0.3 is 0 Å². The van der Waals surface area contributed by atoms with Gasteiger partial charge in [-0.15, -0.1) is 24.8 Å².